The van der Waals surface area contributed by atoms with Crippen molar-refractivity contribution in [1.29, 1.82) is 0 Å². The minimum absolute atomic E-state index is 0.887. The normalized spacial score (nSPS) is 13.5. The molecule has 2 aromatic carbocycles. The van der Waals surface area contributed by atoms with Crippen LogP contribution in [0.3, 0.4) is 0 Å². The van der Waals surface area contributed by atoms with Crippen LogP contribution in [0.2, 0.25) is 0 Å². The molecule has 1 aliphatic rings. The Bertz CT molecular complexity index is 791. The highest BCUT2D eigenvalue weighted by Crippen LogP contribution is 2.29. The molecule has 0 spiro atoms. The van der Waals surface area contributed by atoms with Crippen molar-refractivity contribution >= 4 is 5.69 Å². The number of nitrogens with zero attached hydrogens (tertiary/aromatic N) is 1. The van der Waals surface area contributed by atoms with E-state index in [1.165, 1.54) is 33.6 Å². The molecule has 24 heavy (non-hydrogen) atoms. The first kappa shape index (κ1) is 16.3. The maximum atomic E-state index is 2.44. The van der Waals surface area contributed by atoms with Gasteiger partial charge < -0.3 is 4.90 Å². The summed E-state index contributed by atoms with van der Waals surface area (Å²) >= 11 is 0. The summed E-state index contributed by atoms with van der Waals surface area (Å²) in [6.07, 6.45) is 11.7. The fourth-order valence-corrected chi connectivity index (χ4v) is 3.09. The van der Waals surface area contributed by atoms with E-state index in [2.05, 4.69) is 98.5 Å². The molecular formula is C23H25N. The molecule has 1 nitrogen and oxygen atoms in total. The summed E-state index contributed by atoms with van der Waals surface area (Å²) in [5, 5.41) is 0. The highest BCUT2D eigenvalue weighted by Gasteiger charge is 2.14. The average Bonchev–Trinajstić information content (AvgIpc) is 2.84. The molecule has 1 heteroatoms. The Labute approximate surface area is 145 Å². The highest BCUT2D eigenvalue weighted by molar-refractivity contribution is 5.59. The van der Waals surface area contributed by atoms with E-state index in [1.807, 2.05) is 0 Å². The van der Waals surface area contributed by atoms with E-state index in [4.69, 9.17) is 0 Å². The second kappa shape index (κ2) is 7.35. The molecule has 0 aromatic heterocycles. The largest absolute Gasteiger partial charge is 0.340 e. The zero-order valence-corrected chi connectivity index (χ0v) is 14.8. The summed E-state index contributed by atoms with van der Waals surface area (Å²) in [6, 6.07) is 15.6. The molecule has 0 saturated heterocycles. The van der Waals surface area contributed by atoms with Gasteiger partial charge in [-0.1, -0.05) is 71.8 Å². The lowest BCUT2D eigenvalue weighted by Gasteiger charge is -2.29. The van der Waals surface area contributed by atoms with Gasteiger partial charge in [0.1, 0.15) is 0 Å². The number of anilines is 1. The van der Waals surface area contributed by atoms with Gasteiger partial charge in [0.2, 0.25) is 0 Å². The van der Waals surface area contributed by atoms with Gasteiger partial charge in [-0.3, -0.25) is 0 Å². The van der Waals surface area contributed by atoms with Crippen LogP contribution in [0.25, 0.3) is 0 Å². The molecule has 122 valence electrons. The summed E-state index contributed by atoms with van der Waals surface area (Å²) < 4.78 is 0. The Kier molecular flexibility index (Phi) is 5.00. The van der Waals surface area contributed by atoms with Crippen LogP contribution in [-0.2, 0) is 6.54 Å². The first-order chi connectivity index (χ1) is 11.6. The van der Waals surface area contributed by atoms with Crippen LogP contribution in [-0.4, -0.2) is 0 Å². The maximum Gasteiger partial charge on any atom is 0.0478 e. The van der Waals surface area contributed by atoms with E-state index in [-0.39, 0.29) is 0 Å². The van der Waals surface area contributed by atoms with Crippen molar-refractivity contribution in [3.05, 3.63) is 101 Å². The predicted molar refractivity (Wildman–Crippen MR) is 104 cm³/mol. The Hall–Kier alpha value is -2.54. The highest BCUT2D eigenvalue weighted by atomic mass is 15.1. The Morgan fingerprint density at radius 1 is 0.833 bits per heavy atom. The average molecular weight is 315 g/mol. The summed E-state index contributed by atoms with van der Waals surface area (Å²) in [7, 11) is 0. The molecule has 0 N–H and O–H groups in total. The van der Waals surface area contributed by atoms with Gasteiger partial charge in [0.25, 0.3) is 0 Å². The van der Waals surface area contributed by atoms with Crippen LogP contribution in [0, 0.1) is 20.8 Å². The monoisotopic (exact) mass is 315 g/mol. The molecular weight excluding hydrogens is 290 g/mol. The topological polar surface area (TPSA) is 3.24 Å². The fraction of sp³-hybridized carbons (Fsp3) is 0.217. The predicted octanol–water partition coefficient (Wildman–Crippen LogP) is 6.02. The third-order valence-corrected chi connectivity index (χ3v) is 4.42. The van der Waals surface area contributed by atoms with Crippen LogP contribution < -0.4 is 4.90 Å². The standard InChI is InChI=1S/C23H25N/c1-18-10-13-21(14-11-18)17-24(22-8-6-4-5-7-9-22)23-15-12-19(2)16-20(23)3/h4-8,10-16H,9,17H2,1-3H3. The second-order valence-electron chi connectivity index (χ2n) is 6.54. The maximum absolute atomic E-state index is 2.44. The quantitative estimate of drug-likeness (QED) is 0.667. The summed E-state index contributed by atoms with van der Waals surface area (Å²) in [5.74, 6) is 0. The Morgan fingerprint density at radius 3 is 2.33 bits per heavy atom. The molecule has 0 aliphatic heterocycles. The summed E-state index contributed by atoms with van der Waals surface area (Å²) in [6.45, 7) is 7.37. The second-order valence-corrected chi connectivity index (χ2v) is 6.54. The first-order valence-corrected chi connectivity index (χ1v) is 8.56. The third kappa shape index (κ3) is 3.86. The van der Waals surface area contributed by atoms with E-state index in [9.17, 15) is 0 Å². The lowest BCUT2D eigenvalue weighted by Crippen LogP contribution is -2.22. The lowest BCUT2D eigenvalue weighted by atomic mass is 10.1. The Balaban J connectivity index is 1.99. The molecule has 0 radical (unpaired) electrons. The van der Waals surface area contributed by atoms with E-state index in [0.29, 0.717) is 0 Å². The zero-order chi connectivity index (χ0) is 16.9. The lowest BCUT2D eigenvalue weighted by molar-refractivity contribution is 0.881. The number of allylic oxidation sites excluding steroid dienone is 5. The molecule has 3 rings (SSSR count). The number of hydrogen-bond donors (Lipinski definition) is 0. The number of rotatable bonds is 4. The van der Waals surface area contributed by atoms with Crippen molar-refractivity contribution in [3.8, 4) is 0 Å². The number of benzene rings is 2. The van der Waals surface area contributed by atoms with Gasteiger partial charge in [0.15, 0.2) is 0 Å². The minimum atomic E-state index is 0.887. The molecule has 1 aliphatic carbocycles. The summed E-state index contributed by atoms with van der Waals surface area (Å²) in [5.41, 5.74) is 7.88. The number of aryl methyl sites for hydroxylation is 3. The van der Waals surface area contributed by atoms with E-state index in [0.717, 1.165) is 13.0 Å². The van der Waals surface area contributed by atoms with Crippen molar-refractivity contribution in [2.45, 2.75) is 33.7 Å². The van der Waals surface area contributed by atoms with Gasteiger partial charge in [-0.2, -0.15) is 0 Å². The van der Waals surface area contributed by atoms with Crippen molar-refractivity contribution in [2.24, 2.45) is 0 Å². The molecule has 0 heterocycles. The molecule has 0 atom stereocenters. The van der Waals surface area contributed by atoms with Gasteiger partial charge in [-0.05, 0) is 44.0 Å². The molecule has 0 fully saturated rings. The molecule has 2 aromatic rings. The van der Waals surface area contributed by atoms with Crippen LogP contribution >= 0.6 is 0 Å². The van der Waals surface area contributed by atoms with Gasteiger partial charge in [0.05, 0.1) is 0 Å². The molecule has 0 saturated carbocycles. The van der Waals surface area contributed by atoms with Crippen molar-refractivity contribution < 1.29 is 0 Å². The van der Waals surface area contributed by atoms with Crippen molar-refractivity contribution in [1.82, 2.24) is 0 Å². The van der Waals surface area contributed by atoms with E-state index >= 15 is 0 Å². The van der Waals surface area contributed by atoms with Crippen molar-refractivity contribution in [3.63, 3.8) is 0 Å². The van der Waals surface area contributed by atoms with Gasteiger partial charge in [-0.15, -0.1) is 0 Å². The van der Waals surface area contributed by atoms with Crippen LogP contribution in [0.15, 0.2) is 78.5 Å². The summed E-state index contributed by atoms with van der Waals surface area (Å²) in [4.78, 5) is 2.44. The minimum Gasteiger partial charge on any atom is -0.340 e. The van der Waals surface area contributed by atoms with E-state index < -0.39 is 0 Å². The van der Waals surface area contributed by atoms with Gasteiger partial charge >= 0.3 is 0 Å². The smallest absolute Gasteiger partial charge is 0.0478 e. The van der Waals surface area contributed by atoms with Gasteiger partial charge in [-0.25, -0.2) is 0 Å². The van der Waals surface area contributed by atoms with Gasteiger partial charge in [0, 0.05) is 24.4 Å². The first-order valence-electron chi connectivity index (χ1n) is 8.56. The third-order valence-electron chi connectivity index (χ3n) is 4.42. The van der Waals surface area contributed by atoms with Crippen molar-refractivity contribution in [2.75, 3.05) is 4.90 Å². The fourth-order valence-electron chi connectivity index (χ4n) is 3.09. The SMILES string of the molecule is Cc1ccc(CN(C2=CC=CC=CC2)c2ccc(C)cc2C)cc1. The number of hydrogen-bond acceptors (Lipinski definition) is 1. The van der Waals surface area contributed by atoms with E-state index in [1.54, 1.807) is 0 Å². The Morgan fingerprint density at radius 2 is 1.58 bits per heavy atom. The molecule has 0 unspecified atom stereocenters. The van der Waals surface area contributed by atoms with Crippen LogP contribution in [0.4, 0.5) is 5.69 Å². The molecule has 0 bridgehead atoms. The van der Waals surface area contributed by atoms with Crippen LogP contribution in [0.5, 0.6) is 0 Å². The van der Waals surface area contributed by atoms with Crippen LogP contribution in [0.1, 0.15) is 28.7 Å². The zero-order valence-electron chi connectivity index (χ0n) is 14.8. The molecule has 0 amide bonds.